The second-order valence-electron chi connectivity index (χ2n) is 6.90. The first-order valence-corrected chi connectivity index (χ1v) is 9.44. The fourth-order valence-corrected chi connectivity index (χ4v) is 5.36. The Hall–Kier alpha value is -0.340. The summed E-state index contributed by atoms with van der Waals surface area (Å²) in [4.78, 5) is 1.45. The first kappa shape index (κ1) is 14.6. The first-order chi connectivity index (χ1) is 9.78. The van der Waals surface area contributed by atoms with E-state index in [1.807, 2.05) is 11.3 Å². The first-order valence-electron chi connectivity index (χ1n) is 8.56. The molecule has 1 N–H and O–H groups in total. The maximum atomic E-state index is 3.78. The second-order valence-corrected chi connectivity index (χ2v) is 8.02. The summed E-state index contributed by atoms with van der Waals surface area (Å²) in [5.74, 6) is 2.96. The van der Waals surface area contributed by atoms with E-state index in [9.17, 15) is 0 Å². The van der Waals surface area contributed by atoms with Gasteiger partial charge in [-0.25, -0.2) is 0 Å². The van der Waals surface area contributed by atoms with Gasteiger partial charge in [-0.2, -0.15) is 0 Å². The van der Waals surface area contributed by atoms with Gasteiger partial charge < -0.3 is 5.32 Å². The Morgan fingerprint density at radius 3 is 2.70 bits per heavy atom. The van der Waals surface area contributed by atoms with Gasteiger partial charge in [-0.1, -0.05) is 32.6 Å². The third kappa shape index (κ3) is 3.12. The summed E-state index contributed by atoms with van der Waals surface area (Å²) < 4.78 is 0. The van der Waals surface area contributed by atoms with E-state index in [1.54, 1.807) is 5.56 Å². The van der Waals surface area contributed by atoms with Gasteiger partial charge in [0.05, 0.1) is 0 Å². The number of thiophene rings is 1. The van der Waals surface area contributed by atoms with E-state index >= 15 is 0 Å². The predicted octanol–water partition coefficient (Wildman–Crippen LogP) is 5.31. The van der Waals surface area contributed by atoms with Gasteiger partial charge in [0.15, 0.2) is 0 Å². The highest BCUT2D eigenvalue weighted by atomic mass is 32.1. The zero-order chi connectivity index (χ0) is 13.9. The topological polar surface area (TPSA) is 12.0 Å². The largest absolute Gasteiger partial charge is 0.310 e. The lowest BCUT2D eigenvalue weighted by atomic mass is 9.65. The van der Waals surface area contributed by atoms with Crippen molar-refractivity contribution in [2.45, 2.75) is 64.8 Å². The Morgan fingerprint density at radius 1 is 1.20 bits per heavy atom. The summed E-state index contributed by atoms with van der Waals surface area (Å²) >= 11 is 1.91. The van der Waals surface area contributed by atoms with Crippen LogP contribution < -0.4 is 5.32 Å². The molecule has 1 aromatic rings. The molecule has 1 aromatic heterocycles. The van der Waals surface area contributed by atoms with Gasteiger partial charge in [-0.05, 0) is 67.5 Å². The van der Waals surface area contributed by atoms with Crippen molar-refractivity contribution in [2.24, 2.45) is 17.8 Å². The summed E-state index contributed by atoms with van der Waals surface area (Å²) in [6.07, 6.45) is 10.4. The lowest BCUT2D eigenvalue weighted by Crippen LogP contribution is -2.35. The number of nitrogens with one attached hydrogen (secondary N) is 1. The minimum atomic E-state index is 0.604. The van der Waals surface area contributed by atoms with E-state index in [1.165, 1.54) is 49.8 Å². The van der Waals surface area contributed by atoms with Crippen LogP contribution in [-0.4, -0.2) is 6.54 Å². The monoisotopic (exact) mass is 291 g/mol. The van der Waals surface area contributed by atoms with Gasteiger partial charge in [0.25, 0.3) is 0 Å². The number of hydrogen-bond donors (Lipinski definition) is 1. The van der Waals surface area contributed by atoms with Gasteiger partial charge in [-0.15, -0.1) is 11.3 Å². The van der Waals surface area contributed by atoms with Crippen LogP contribution in [0.25, 0.3) is 0 Å². The third-order valence-corrected chi connectivity index (χ3v) is 6.47. The number of fused-ring (bicyclic) bond motifs is 1. The minimum Gasteiger partial charge on any atom is -0.310 e. The highest BCUT2D eigenvalue weighted by Crippen LogP contribution is 2.46. The van der Waals surface area contributed by atoms with Crippen molar-refractivity contribution >= 4 is 11.3 Å². The van der Waals surface area contributed by atoms with E-state index < -0.39 is 0 Å². The second kappa shape index (κ2) is 6.62. The summed E-state index contributed by atoms with van der Waals surface area (Å²) in [6, 6.07) is 3.01. The number of aryl methyl sites for hydroxylation is 1. The van der Waals surface area contributed by atoms with E-state index in [-0.39, 0.29) is 0 Å². The molecule has 0 spiro atoms. The molecule has 3 rings (SSSR count). The fourth-order valence-electron chi connectivity index (χ4n) is 4.62. The molecule has 2 saturated carbocycles. The summed E-state index contributed by atoms with van der Waals surface area (Å²) in [5, 5.41) is 6.17. The molecule has 1 heterocycles. The molecular weight excluding hydrogens is 262 g/mol. The molecule has 20 heavy (non-hydrogen) atoms. The third-order valence-electron chi connectivity index (χ3n) is 5.59. The molecule has 0 saturated heterocycles. The summed E-state index contributed by atoms with van der Waals surface area (Å²) in [5.41, 5.74) is 1.55. The van der Waals surface area contributed by atoms with Crippen molar-refractivity contribution in [3.8, 4) is 0 Å². The van der Waals surface area contributed by atoms with Crippen LogP contribution >= 0.6 is 11.3 Å². The highest BCUT2D eigenvalue weighted by molar-refractivity contribution is 7.10. The number of hydrogen-bond acceptors (Lipinski definition) is 2. The predicted molar refractivity (Wildman–Crippen MR) is 88.3 cm³/mol. The fraction of sp³-hybridized carbons (Fsp3) is 0.778. The molecule has 4 atom stereocenters. The van der Waals surface area contributed by atoms with Crippen LogP contribution in [0.5, 0.6) is 0 Å². The van der Waals surface area contributed by atoms with Crippen LogP contribution in [0.3, 0.4) is 0 Å². The van der Waals surface area contributed by atoms with Gasteiger partial charge in [0, 0.05) is 10.9 Å². The van der Waals surface area contributed by atoms with Gasteiger partial charge in [-0.3, -0.25) is 0 Å². The Labute approximate surface area is 128 Å². The zero-order valence-corrected chi connectivity index (χ0v) is 13.8. The lowest BCUT2D eigenvalue weighted by Gasteiger charge is -2.42. The Balaban J connectivity index is 1.71. The van der Waals surface area contributed by atoms with E-state index in [2.05, 4.69) is 30.6 Å². The maximum absolute atomic E-state index is 3.78. The van der Waals surface area contributed by atoms with E-state index in [0.29, 0.717) is 6.04 Å². The van der Waals surface area contributed by atoms with Crippen LogP contribution in [0.1, 0.15) is 68.4 Å². The van der Waals surface area contributed by atoms with Crippen molar-refractivity contribution in [3.05, 3.63) is 21.9 Å². The lowest BCUT2D eigenvalue weighted by molar-refractivity contribution is 0.110. The average molecular weight is 292 g/mol. The van der Waals surface area contributed by atoms with Crippen molar-refractivity contribution in [2.75, 3.05) is 6.54 Å². The molecule has 0 aromatic carbocycles. The van der Waals surface area contributed by atoms with Crippen molar-refractivity contribution in [1.29, 1.82) is 0 Å². The molecule has 2 aliphatic carbocycles. The molecular formula is C18H29NS. The molecule has 4 unspecified atom stereocenters. The summed E-state index contributed by atoms with van der Waals surface area (Å²) in [6.45, 7) is 5.57. The van der Waals surface area contributed by atoms with E-state index in [4.69, 9.17) is 0 Å². The molecule has 0 amide bonds. The highest BCUT2D eigenvalue weighted by Gasteiger charge is 2.35. The summed E-state index contributed by atoms with van der Waals surface area (Å²) in [7, 11) is 0. The van der Waals surface area contributed by atoms with Gasteiger partial charge in [0.2, 0.25) is 0 Å². The molecule has 1 nitrogen and oxygen atoms in total. The molecule has 0 bridgehead atoms. The molecule has 112 valence electrons. The minimum absolute atomic E-state index is 0.604. The van der Waals surface area contributed by atoms with Crippen LogP contribution in [0.15, 0.2) is 11.4 Å². The van der Waals surface area contributed by atoms with Crippen molar-refractivity contribution in [1.82, 2.24) is 5.32 Å². The zero-order valence-electron chi connectivity index (χ0n) is 13.0. The van der Waals surface area contributed by atoms with Gasteiger partial charge >= 0.3 is 0 Å². The molecule has 2 aliphatic rings. The van der Waals surface area contributed by atoms with Crippen LogP contribution in [0, 0.1) is 24.7 Å². The van der Waals surface area contributed by atoms with Crippen LogP contribution in [0.2, 0.25) is 0 Å². The Morgan fingerprint density at radius 2 is 2.00 bits per heavy atom. The SMILES string of the molecule is CCNC(c1csc(C)c1)C1CCC2CCCCC2C1. The smallest absolute Gasteiger partial charge is 0.0357 e. The Kier molecular flexibility index (Phi) is 4.83. The molecule has 0 aliphatic heterocycles. The number of rotatable bonds is 4. The van der Waals surface area contributed by atoms with Crippen LogP contribution in [0.4, 0.5) is 0 Å². The quantitative estimate of drug-likeness (QED) is 0.792. The maximum Gasteiger partial charge on any atom is 0.0357 e. The Bertz CT molecular complexity index is 425. The average Bonchev–Trinajstić information content (AvgIpc) is 2.90. The molecule has 2 heteroatoms. The van der Waals surface area contributed by atoms with Crippen molar-refractivity contribution in [3.63, 3.8) is 0 Å². The standard InChI is InChI=1S/C18H29NS/c1-3-19-18(17-10-13(2)20-12-17)16-9-8-14-6-4-5-7-15(14)11-16/h10,12,14-16,18-19H,3-9,11H2,1-2H3. The molecule has 0 radical (unpaired) electrons. The van der Waals surface area contributed by atoms with E-state index in [0.717, 1.165) is 24.3 Å². The normalized spacial score (nSPS) is 31.8. The molecule has 2 fully saturated rings. The van der Waals surface area contributed by atoms with Crippen molar-refractivity contribution < 1.29 is 0 Å². The van der Waals surface area contributed by atoms with Gasteiger partial charge in [0.1, 0.15) is 0 Å². The van der Waals surface area contributed by atoms with Crippen LogP contribution in [-0.2, 0) is 0 Å².